The van der Waals surface area contributed by atoms with Gasteiger partial charge in [-0.1, -0.05) is 12.2 Å². The highest BCUT2D eigenvalue weighted by Crippen LogP contribution is 2.34. The predicted octanol–water partition coefficient (Wildman–Crippen LogP) is 1.33. The summed E-state index contributed by atoms with van der Waals surface area (Å²) in [6.07, 6.45) is 1.28. The average molecular weight is 285 g/mol. The molecular formula is C14H23NO5. The van der Waals surface area contributed by atoms with E-state index < -0.39 is 35.7 Å². The third kappa shape index (κ3) is 3.50. The van der Waals surface area contributed by atoms with Gasteiger partial charge in [0.05, 0.1) is 6.04 Å². The van der Waals surface area contributed by atoms with Gasteiger partial charge < -0.3 is 24.6 Å². The Hall–Kier alpha value is -1.11. The summed E-state index contributed by atoms with van der Waals surface area (Å²) >= 11 is 0. The second-order valence-corrected chi connectivity index (χ2v) is 6.61. The number of carbonyl (C=O) groups is 1. The number of hydrogen-bond acceptors (Lipinski definition) is 5. The second kappa shape index (κ2) is 5.02. The van der Waals surface area contributed by atoms with E-state index in [1.54, 1.807) is 46.8 Å². The van der Waals surface area contributed by atoms with E-state index in [1.165, 1.54) is 0 Å². The van der Waals surface area contributed by atoms with Crippen molar-refractivity contribution < 1.29 is 24.1 Å². The minimum atomic E-state index is -0.876. The molecular weight excluding hydrogens is 262 g/mol. The molecule has 4 atom stereocenters. The van der Waals surface area contributed by atoms with Crippen LogP contribution < -0.4 is 5.32 Å². The number of aliphatic hydroxyl groups is 1. The first-order valence-corrected chi connectivity index (χ1v) is 6.79. The maximum absolute atomic E-state index is 11.7. The Morgan fingerprint density at radius 3 is 2.55 bits per heavy atom. The number of carbonyl (C=O) groups excluding carboxylic acids is 1. The standard InChI is InChI=1S/C14H23NO5/c1-13(2,3)20-12(17)15-8-6-7-9-11(10(8)16)19-14(4,5)18-9/h6-11,16H,1-5H3,(H,15,17)/t8-,9-,10-,11-/m0/s1. The van der Waals surface area contributed by atoms with Gasteiger partial charge in [0.15, 0.2) is 5.79 Å². The molecule has 6 heteroatoms. The highest BCUT2D eigenvalue weighted by molar-refractivity contribution is 5.68. The third-order valence-electron chi connectivity index (χ3n) is 3.06. The van der Waals surface area contributed by atoms with Gasteiger partial charge >= 0.3 is 6.09 Å². The van der Waals surface area contributed by atoms with Crippen molar-refractivity contribution in [3.05, 3.63) is 12.2 Å². The van der Waals surface area contributed by atoms with E-state index in [0.717, 1.165) is 0 Å². The SMILES string of the molecule is CC(C)(C)OC(=O)N[C@H]1C=C[C@@H]2OC(C)(C)O[C@@H]2[C@H]1O. The van der Waals surface area contributed by atoms with Gasteiger partial charge in [-0.3, -0.25) is 0 Å². The molecule has 0 aromatic carbocycles. The molecule has 2 aliphatic rings. The number of ether oxygens (including phenoxy) is 3. The van der Waals surface area contributed by atoms with Crippen LogP contribution in [0.2, 0.25) is 0 Å². The highest BCUT2D eigenvalue weighted by Gasteiger charge is 2.48. The van der Waals surface area contributed by atoms with Gasteiger partial charge in [-0.2, -0.15) is 0 Å². The smallest absolute Gasteiger partial charge is 0.408 e. The summed E-state index contributed by atoms with van der Waals surface area (Å²) in [6.45, 7) is 8.94. The number of alkyl carbamates (subject to hydrolysis) is 1. The average Bonchev–Trinajstić information content (AvgIpc) is 2.55. The van der Waals surface area contributed by atoms with Crippen LogP contribution in [0.4, 0.5) is 4.79 Å². The summed E-state index contributed by atoms with van der Waals surface area (Å²) in [4.78, 5) is 11.7. The summed E-state index contributed by atoms with van der Waals surface area (Å²) in [5.41, 5.74) is -0.578. The van der Waals surface area contributed by atoms with E-state index >= 15 is 0 Å². The van der Waals surface area contributed by atoms with Crippen LogP contribution >= 0.6 is 0 Å². The van der Waals surface area contributed by atoms with E-state index in [4.69, 9.17) is 14.2 Å². The minimum Gasteiger partial charge on any atom is -0.444 e. The van der Waals surface area contributed by atoms with Crippen molar-refractivity contribution in [3.8, 4) is 0 Å². The van der Waals surface area contributed by atoms with Crippen LogP contribution in [0.5, 0.6) is 0 Å². The lowest BCUT2D eigenvalue weighted by atomic mass is 9.94. The number of nitrogens with one attached hydrogen (secondary N) is 1. The van der Waals surface area contributed by atoms with E-state index in [-0.39, 0.29) is 6.10 Å². The van der Waals surface area contributed by atoms with Crippen LogP contribution in [0, 0.1) is 0 Å². The van der Waals surface area contributed by atoms with Crippen LogP contribution in [0.15, 0.2) is 12.2 Å². The lowest BCUT2D eigenvalue weighted by Crippen LogP contribution is -2.53. The Morgan fingerprint density at radius 1 is 1.30 bits per heavy atom. The largest absolute Gasteiger partial charge is 0.444 e. The number of hydrogen-bond donors (Lipinski definition) is 2. The molecule has 1 amide bonds. The molecule has 0 bridgehead atoms. The molecule has 0 spiro atoms. The Labute approximate surface area is 119 Å². The molecule has 0 radical (unpaired) electrons. The first kappa shape index (κ1) is 15.3. The van der Waals surface area contributed by atoms with E-state index in [9.17, 15) is 9.90 Å². The van der Waals surface area contributed by atoms with Crippen molar-refractivity contribution in [2.75, 3.05) is 0 Å². The maximum Gasteiger partial charge on any atom is 0.408 e. The maximum atomic E-state index is 11.7. The van der Waals surface area contributed by atoms with E-state index in [2.05, 4.69) is 5.32 Å². The van der Waals surface area contributed by atoms with Crippen LogP contribution in [0.25, 0.3) is 0 Å². The first-order chi connectivity index (χ1) is 9.07. The molecule has 1 saturated heterocycles. The molecule has 1 aliphatic carbocycles. The van der Waals surface area contributed by atoms with Gasteiger partial charge in [-0.25, -0.2) is 4.79 Å². The fraction of sp³-hybridized carbons (Fsp3) is 0.786. The molecule has 0 aromatic heterocycles. The van der Waals surface area contributed by atoms with Crippen LogP contribution in [-0.4, -0.2) is 46.9 Å². The van der Waals surface area contributed by atoms with E-state index in [1.807, 2.05) is 0 Å². The lowest BCUT2D eigenvalue weighted by molar-refractivity contribution is -0.153. The van der Waals surface area contributed by atoms with Crippen molar-refractivity contribution in [1.29, 1.82) is 0 Å². The van der Waals surface area contributed by atoms with Gasteiger partial charge in [0.25, 0.3) is 0 Å². The van der Waals surface area contributed by atoms with Crippen molar-refractivity contribution in [1.82, 2.24) is 5.32 Å². The zero-order valence-corrected chi connectivity index (χ0v) is 12.5. The van der Waals surface area contributed by atoms with Crippen molar-refractivity contribution in [2.45, 2.75) is 70.4 Å². The Morgan fingerprint density at radius 2 is 1.95 bits per heavy atom. The number of aliphatic hydroxyl groups excluding tert-OH is 1. The van der Waals surface area contributed by atoms with Gasteiger partial charge in [0.1, 0.15) is 23.9 Å². The molecule has 2 rings (SSSR count). The second-order valence-electron chi connectivity index (χ2n) is 6.61. The molecule has 0 aromatic rings. The molecule has 0 saturated carbocycles. The van der Waals surface area contributed by atoms with Crippen LogP contribution in [0.1, 0.15) is 34.6 Å². The van der Waals surface area contributed by atoms with Crippen LogP contribution in [0.3, 0.4) is 0 Å². The van der Waals surface area contributed by atoms with Gasteiger partial charge in [-0.15, -0.1) is 0 Å². The Balaban J connectivity index is 1.99. The summed E-state index contributed by atoms with van der Waals surface area (Å²) < 4.78 is 16.5. The third-order valence-corrected chi connectivity index (χ3v) is 3.06. The Kier molecular flexibility index (Phi) is 3.83. The lowest BCUT2D eigenvalue weighted by Gasteiger charge is -2.31. The zero-order chi connectivity index (χ0) is 15.1. The minimum absolute atomic E-state index is 0.295. The molecule has 114 valence electrons. The molecule has 2 N–H and O–H groups in total. The predicted molar refractivity (Wildman–Crippen MR) is 72.1 cm³/mol. The number of fused-ring (bicyclic) bond motifs is 1. The van der Waals surface area contributed by atoms with Crippen molar-refractivity contribution in [2.24, 2.45) is 0 Å². The molecule has 0 unspecified atom stereocenters. The molecule has 6 nitrogen and oxygen atoms in total. The molecule has 20 heavy (non-hydrogen) atoms. The van der Waals surface area contributed by atoms with Gasteiger partial charge in [0, 0.05) is 0 Å². The fourth-order valence-corrected chi connectivity index (χ4v) is 2.35. The molecule has 1 heterocycles. The Bertz CT molecular complexity index is 412. The summed E-state index contributed by atoms with van der Waals surface area (Å²) in [5, 5.41) is 12.9. The normalized spacial score (nSPS) is 35.5. The number of rotatable bonds is 1. The monoisotopic (exact) mass is 285 g/mol. The molecule has 1 aliphatic heterocycles. The molecule has 1 fully saturated rings. The van der Waals surface area contributed by atoms with Gasteiger partial charge in [0.2, 0.25) is 0 Å². The topological polar surface area (TPSA) is 77.0 Å². The number of amides is 1. The highest BCUT2D eigenvalue weighted by atomic mass is 16.8. The van der Waals surface area contributed by atoms with Crippen LogP contribution in [-0.2, 0) is 14.2 Å². The van der Waals surface area contributed by atoms with Crippen molar-refractivity contribution in [3.63, 3.8) is 0 Å². The summed E-state index contributed by atoms with van der Waals surface area (Å²) in [5.74, 6) is -0.735. The van der Waals surface area contributed by atoms with E-state index in [0.29, 0.717) is 0 Å². The quantitative estimate of drug-likeness (QED) is 0.711. The summed E-state index contributed by atoms with van der Waals surface area (Å²) in [6, 6.07) is -0.552. The summed E-state index contributed by atoms with van der Waals surface area (Å²) in [7, 11) is 0. The first-order valence-electron chi connectivity index (χ1n) is 6.79. The zero-order valence-electron chi connectivity index (χ0n) is 12.5. The van der Waals surface area contributed by atoms with Crippen molar-refractivity contribution >= 4 is 6.09 Å². The fourth-order valence-electron chi connectivity index (χ4n) is 2.35. The van der Waals surface area contributed by atoms with Gasteiger partial charge in [-0.05, 0) is 34.6 Å².